The predicted molar refractivity (Wildman–Crippen MR) is 63.6 cm³/mol. The smallest absolute Gasteiger partial charge is 0.0484 e. The summed E-state index contributed by atoms with van der Waals surface area (Å²) in [5.74, 6) is 0. The van der Waals surface area contributed by atoms with Crippen molar-refractivity contribution in [3.05, 3.63) is 36.0 Å². The molecule has 76 valence electrons. The highest BCUT2D eigenvalue weighted by Crippen LogP contribution is 2.24. The van der Waals surface area contributed by atoms with Gasteiger partial charge in [0.05, 0.1) is 0 Å². The molecule has 0 saturated heterocycles. The van der Waals surface area contributed by atoms with Crippen LogP contribution in [0.25, 0.3) is 10.9 Å². The van der Waals surface area contributed by atoms with Crippen LogP contribution in [0.3, 0.4) is 0 Å². The fraction of sp³-hybridized carbons (Fsp3) is 0.308. The maximum Gasteiger partial charge on any atom is 0.0484 e. The van der Waals surface area contributed by atoms with Crippen LogP contribution < -0.4 is 0 Å². The van der Waals surface area contributed by atoms with Crippen molar-refractivity contribution in [1.29, 1.82) is 0 Å². The Labute approximate surface area is 89.2 Å². The Morgan fingerprint density at radius 3 is 2.93 bits per heavy atom. The van der Waals surface area contributed by atoms with Crippen molar-refractivity contribution in [2.45, 2.75) is 12.8 Å². The van der Waals surface area contributed by atoms with Crippen molar-refractivity contribution in [1.82, 2.24) is 4.57 Å². The lowest BCUT2D eigenvalue weighted by Gasteiger charge is -1.96. The molecule has 3 rings (SSSR count). The van der Waals surface area contributed by atoms with Crippen molar-refractivity contribution in [2.75, 3.05) is 6.54 Å². The molecule has 2 aromatic rings. The molecule has 1 aromatic heterocycles. The molecule has 2 heterocycles. The number of rotatable bonds is 1. The molecule has 0 fully saturated rings. The van der Waals surface area contributed by atoms with Gasteiger partial charge in [0.1, 0.15) is 0 Å². The Bertz CT molecular complexity index is 534. The minimum absolute atomic E-state index is 0.999. The third-order valence-electron chi connectivity index (χ3n) is 3.08. The van der Waals surface area contributed by atoms with E-state index < -0.39 is 0 Å². The summed E-state index contributed by atoms with van der Waals surface area (Å²) < 4.78 is 2.19. The summed E-state index contributed by atoms with van der Waals surface area (Å²) in [7, 11) is 2.10. The summed E-state index contributed by atoms with van der Waals surface area (Å²) in [4.78, 5) is 4.57. The number of aromatic nitrogens is 1. The van der Waals surface area contributed by atoms with Gasteiger partial charge in [-0.1, -0.05) is 18.2 Å². The molecule has 0 spiro atoms. The van der Waals surface area contributed by atoms with Gasteiger partial charge in [0.2, 0.25) is 0 Å². The van der Waals surface area contributed by atoms with Gasteiger partial charge in [-0.15, -0.1) is 0 Å². The Morgan fingerprint density at radius 2 is 2.13 bits per heavy atom. The van der Waals surface area contributed by atoms with Crippen LogP contribution in [0.1, 0.15) is 18.4 Å². The Balaban J connectivity index is 2.26. The van der Waals surface area contributed by atoms with Crippen LogP contribution in [0.2, 0.25) is 0 Å². The van der Waals surface area contributed by atoms with Crippen molar-refractivity contribution < 1.29 is 0 Å². The number of hydrogen-bond acceptors (Lipinski definition) is 1. The second kappa shape index (κ2) is 3.23. The molecule has 1 aliphatic heterocycles. The SMILES string of the molecule is Cn1cc(C2=NCCC2)c2ccccc21. The quantitative estimate of drug-likeness (QED) is 0.670. The van der Waals surface area contributed by atoms with Gasteiger partial charge in [0.15, 0.2) is 0 Å². The lowest BCUT2D eigenvalue weighted by molar-refractivity contribution is 0.950. The van der Waals surface area contributed by atoms with Crippen LogP contribution in [-0.2, 0) is 7.05 Å². The van der Waals surface area contributed by atoms with Crippen LogP contribution in [0.4, 0.5) is 0 Å². The van der Waals surface area contributed by atoms with Crippen LogP contribution in [0.15, 0.2) is 35.5 Å². The highest BCUT2D eigenvalue weighted by molar-refractivity contribution is 6.11. The molecule has 1 aromatic carbocycles. The fourth-order valence-electron chi connectivity index (χ4n) is 2.33. The van der Waals surface area contributed by atoms with Crippen molar-refractivity contribution in [3.8, 4) is 0 Å². The van der Waals surface area contributed by atoms with Crippen molar-refractivity contribution in [2.24, 2.45) is 12.0 Å². The van der Waals surface area contributed by atoms with Gasteiger partial charge in [-0.25, -0.2) is 0 Å². The number of benzene rings is 1. The number of fused-ring (bicyclic) bond motifs is 1. The topological polar surface area (TPSA) is 17.3 Å². The van der Waals surface area contributed by atoms with E-state index >= 15 is 0 Å². The van der Waals surface area contributed by atoms with E-state index in [4.69, 9.17) is 0 Å². The monoisotopic (exact) mass is 198 g/mol. The zero-order valence-electron chi connectivity index (χ0n) is 8.90. The van der Waals surface area contributed by atoms with E-state index in [2.05, 4.69) is 47.1 Å². The summed E-state index contributed by atoms with van der Waals surface area (Å²) in [6, 6.07) is 8.53. The second-order valence-corrected chi connectivity index (χ2v) is 4.10. The molecular weight excluding hydrogens is 184 g/mol. The first-order chi connectivity index (χ1) is 7.36. The minimum atomic E-state index is 0.999. The van der Waals surface area contributed by atoms with E-state index in [9.17, 15) is 0 Å². The summed E-state index contributed by atoms with van der Waals surface area (Å²) in [5, 5.41) is 1.33. The maximum absolute atomic E-state index is 4.57. The third-order valence-corrected chi connectivity index (χ3v) is 3.08. The Kier molecular flexibility index (Phi) is 1.88. The summed E-state index contributed by atoms with van der Waals surface area (Å²) in [5.41, 5.74) is 3.90. The minimum Gasteiger partial charge on any atom is -0.350 e. The van der Waals surface area contributed by atoms with Gasteiger partial charge in [-0.2, -0.15) is 0 Å². The molecule has 0 unspecified atom stereocenters. The normalized spacial score (nSPS) is 15.9. The molecular formula is C13H14N2. The molecule has 15 heavy (non-hydrogen) atoms. The molecule has 0 N–H and O–H groups in total. The Hall–Kier alpha value is -1.57. The van der Waals surface area contributed by atoms with E-state index in [0.29, 0.717) is 0 Å². The lowest BCUT2D eigenvalue weighted by Crippen LogP contribution is -1.94. The molecule has 0 radical (unpaired) electrons. The van der Waals surface area contributed by atoms with E-state index in [-0.39, 0.29) is 0 Å². The zero-order chi connectivity index (χ0) is 10.3. The summed E-state index contributed by atoms with van der Waals surface area (Å²) in [6.45, 7) is 0.999. The van der Waals surface area contributed by atoms with Gasteiger partial charge in [0, 0.05) is 42.0 Å². The second-order valence-electron chi connectivity index (χ2n) is 4.10. The van der Waals surface area contributed by atoms with E-state index in [1.165, 1.54) is 28.6 Å². The molecule has 2 nitrogen and oxygen atoms in total. The van der Waals surface area contributed by atoms with Gasteiger partial charge in [-0.3, -0.25) is 4.99 Å². The van der Waals surface area contributed by atoms with Crippen LogP contribution in [-0.4, -0.2) is 16.8 Å². The summed E-state index contributed by atoms with van der Waals surface area (Å²) >= 11 is 0. The Morgan fingerprint density at radius 1 is 1.27 bits per heavy atom. The molecule has 0 bridgehead atoms. The molecule has 1 aliphatic rings. The number of hydrogen-bond donors (Lipinski definition) is 0. The van der Waals surface area contributed by atoms with Crippen molar-refractivity contribution >= 4 is 16.6 Å². The standard InChI is InChI=1S/C13H14N2/c1-15-9-11(12-6-4-8-14-12)10-5-2-3-7-13(10)15/h2-3,5,7,9H,4,6,8H2,1H3. The van der Waals surface area contributed by atoms with Crippen LogP contribution in [0, 0.1) is 0 Å². The van der Waals surface area contributed by atoms with Crippen LogP contribution >= 0.6 is 0 Å². The number of para-hydroxylation sites is 1. The molecule has 0 atom stereocenters. The number of aryl methyl sites for hydroxylation is 1. The molecule has 0 saturated carbocycles. The van der Waals surface area contributed by atoms with E-state index in [0.717, 1.165) is 13.0 Å². The predicted octanol–water partition coefficient (Wildman–Crippen LogP) is 2.76. The largest absolute Gasteiger partial charge is 0.350 e. The average molecular weight is 198 g/mol. The zero-order valence-corrected chi connectivity index (χ0v) is 8.90. The number of aliphatic imine (C=N–C) groups is 1. The molecule has 2 heteroatoms. The highest BCUT2D eigenvalue weighted by atomic mass is 14.9. The average Bonchev–Trinajstić information content (AvgIpc) is 2.87. The number of nitrogens with zero attached hydrogens (tertiary/aromatic N) is 2. The maximum atomic E-state index is 4.57. The lowest BCUT2D eigenvalue weighted by atomic mass is 10.1. The van der Waals surface area contributed by atoms with Crippen molar-refractivity contribution in [3.63, 3.8) is 0 Å². The third kappa shape index (κ3) is 1.29. The van der Waals surface area contributed by atoms with Crippen LogP contribution in [0.5, 0.6) is 0 Å². The van der Waals surface area contributed by atoms with E-state index in [1.54, 1.807) is 0 Å². The highest BCUT2D eigenvalue weighted by Gasteiger charge is 2.14. The van der Waals surface area contributed by atoms with E-state index in [1.807, 2.05) is 0 Å². The first-order valence-electron chi connectivity index (χ1n) is 5.44. The van der Waals surface area contributed by atoms with Gasteiger partial charge in [-0.05, 0) is 18.9 Å². The van der Waals surface area contributed by atoms with Gasteiger partial charge < -0.3 is 4.57 Å². The van der Waals surface area contributed by atoms with Gasteiger partial charge in [0.25, 0.3) is 0 Å². The van der Waals surface area contributed by atoms with Gasteiger partial charge >= 0.3 is 0 Å². The fourth-order valence-corrected chi connectivity index (χ4v) is 2.33. The first-order valence-corrected chi connectivity index (χ1v) is 5.44. The first kappa shape index (κ1) is 8.72. The molecule has 0 aliphatic carbocycles. The molecule has 0 amide bonds. The summed E-state index contributed by atoms with van der Waals surface area (Å²) in [6.07, 6.45) is 4.54.